The fourth-order valence-corrected chi connectivity index (χ4v) is 5.51. The Labute approximate surface area is 217 Å². The second-order valence-electron chi connectivity index (χ2n) is 9.12. The van der Waals surface area contributed by atoms with Crippen molar-refractivity contribution >= 4 is 21.1 Å². The van der Waals surface area contributed by atoms with Crippen LogP contribution in [0.3, 0.4) is 0 Å². The molecule has 0 amide bonds. The summed E-state index contributed by atoms with van der Waals surface area (Å²) in [6.45, 7) is 0.169. The molecular formula is C23H21F5N6O4S. The van der Waals surface area contributed by atoms with Gasteiger partial charge < -0.3 is 4.42 Å². The maximum atomic E-state index is 13.6. The molecule has 16 heteroatoms. The molecule has 208 valence electrons. The number of fused-ring (bicyclic) bond motifs is 1. The smallest absolute Gasteiger partial charge is 0.415 e. The number of imidazole rings is 1. The summed E-state index contributed by atoms with van der Waals surface area (Å²) in [4.78, 5) is 17.8. The zero-order valence-electron chi connectivity index (χ0n) is 20.3. The Bertz CT molecular complexity index is 1670. The minimum atomic E-state index is -4.64. The molecule has 0 bridgehead atoms. The molecule has 1 aromatic carbocycles. The summed E-state index contributed by atoms with van der Waals surface area (Å²) in [6, 6.07) is 5.54. The van der Waals surface area contributed by atoms with Gasteiger partial charge in [0.25, 0.3) is 5.89 Å². The van der Waals surface area contributed by atoms with Gasteiger partial charge in [-0.15, -0.1) is 10.2 Å². The first-order valence-corrected chi connectivity index (χ1v) is 13.5. The van der Waals surface area contributed by atoms with E-state index in [0.29, 0.717) is 18.5 Å². The number of alkyl halides is 5. The molecule has 4 heterocycles. The minimum absolute atomic E-state index is 0.0460. The van der Waals surface area contributed by atoms with Crippen LogP contribution in [0.4, 0.5) is 22.0 Å². The number of piperidine rings is 1. The van der Waals surface area contributed by atoms with E-state index in [1.165, 1.54) is 37.8 Å². The maximum absolute atomic E-state index is 13.6. The summed E-state index contributed by atoms with van der Waals surface area (Å²) in [5, 5.41) is 6.79. The highest BCUT2D eigenvalue weighted by atomic mass is 32.2. The Kier molecular flexibility index (Phi) is 6.78. The fourth-order valence-electron chi connectivity index (χ4n) is 4.64. The number of hydrogen-bond acceptors (Lipinski definition) is 7. The molecule has 0 aliphatic carbocycles. The normalized spacial score (nSPS) is 16.0. The van der Waals surface area contributed by atoms with Crippen LogP contribution in [0.5, 0.6) is 0 Å². The average molecular weight is 573 g/mol. The zero-order valence-corrected chi connectivity index (χ0v) is 21.1. The van der Waals surface area contributed by atoms with Crippen molar-refractivity contribution in [2.24, 2.45) is 0 Å². The molecule has 3 aromatic heterocycles. The van der Waals surface area contributed by atoms with E-state index in [9.17, 15) is 35.2 Å². The number of halogens is 5. The fraction of sp³-hybridized carbons (Fsp3) is 0.391. The minimum Gasteiger partial charge on any atom is -0.415 e. The van der Waals surface area contributed by atoms with Crippen LogP contribution in [0.2, 0.25) is 0 Å². The first-order valence-electron chi connectivity index (χ1n) is 11.7. The van der Waals surface area contributed by atoms with Crippen molar-refractivity contribution in [3.8, 4) is 11.5 Å². The Morgan fingerprint density at radius 3 is 2.36 bits per heavy atom. The van der Waals surface area contributed by atoms with E-state index in [1.54, 1.807) is 0 Å². The van der Waals surface area contributed by atoms with Crippen molar-refractivity contribution in [2.75, 3.05) is 19.3 Å². The number of pyridine rings is 1. The molecule has 1 saturated heterocycles. The summed E-state index contributed by atoms with van der Waals surface area (Å²) in [5.41, 5.74) is -0.617. The van der Waals surface area contributed by atoms with E-state index in [-0.39, 0.29) is 42.1 Å². The molecule has 0 unspecified atom stereocenters. The zero-order chi connectivity index (χ0) is 28.1. The van der Waals surface area contributed by atoms with Crippen LogP contribution < -0.4 is 5.69 Å². The van der Waals surface area contributed by atoms with Gasteiger partial charge in [0.15, 0.2) is 0 Å². The lowest BCUT2D eigenvalue weighted by Crippen LogP contribution is -2.40. The van der Waals surface area contributed by atoms with Crippen LogP contribution in [0.25, 0.3) is 22.5 Å². The molecule has 10 nitrogen and oxygen atoms in total. The van der Waals surface area contributed by atoms with E-state index < -0.39 is 45.8 Å². The van der Waals surface area contributed by atoms with Gasteiger partial charge in [-0.2, -0.15) is 22.0 Å². The van der Waals surface area contributed by atoms with Crippen LogP contribution in [0, 0.1) is 0 Å². The summed E-state index contributed by atoms with van der Waals surface area (Å²) < 4.78 is 98.6. The molecule has 0 spiro atoms. The van der Waals surface area contributed by atoms with Crippen molar-refractivity contribution in [3.63, 3.8) is 0 Å². The second kappa shape index (κ2) is 9.82. The van der Waals surface area contributed by atoms with Gasteiger partial charge in [0, 0.05) is 25.3 Å². The number of aromatic nitrogens is 5. The molecule has 4 aromatic rings. The highest BCUT2D eigenvalue weighted by Crippen LogP contribution is 2.33. The predicted molar refractivity (Wildman–Crippen MR) is 127 cm³/mol. The van der Waals surface area contributed by atoms with Crippen molar-refractivity contribution < 1.29 is 34.8 Å². The van der Waals surface area contributed by atoms with Crippen molar-refractivity contribution in [1.82, 2.24) is 28.6 Å². The van der Waals surface area contributed by atoms with Gasteiger partial charge in [0.2, 0.25) is 15.9 Å². The van der Waals surface area contributed by atoms with Gasteiger partial charge in [0.1, 0.15) is 0 Å². The summed E-state index contributed by atoms with van der Waals surface area (Å²) in [7, 11) is -3.41. The lowest BCUT2D eigenvalue weighted by molar-refractivity contribution is -0.137. The average Bonchev–Trinajstić information content (AvgIpc) is 3.47. The molecule has 0 N–H and O–H groups in total. The maximum Gasteiger partial charge on any atom is 0.416 e. The standard InChI is InChI=1S/C23H21F5N6O4S/c1-39(36,37)32-8-6-16(7-9-32)34-17-5-3-14(23(26,27)28)10-18(17)33(22(34)35)12-15-4-2-13(11-29-15)20-30-31-21(38-20)19(24)25/h2-5,10-11,16,19H,6-9,12H2,1H3. The molecule has 39 heavy (non-hydrogen) atoms. The molecule has 0 atom stereocenters. The first-order chi connectivity index (χ1) is 18.3. The largest absolute Gasteiger partial charge is 0.416 e. The molecule has 0 saturated carbocycles. The quantitative estimate of drug-likeness (QED) is 0.322. The van der Waals surface area contributed by atoms with Gasteiger partial charge in [0.05, 0.1) is 40.7 Å². The van der Waals surface area contributed by atoms with Crippen LogP contribution in [-0.2, 0) is 22.7 Å². The van der Waals surface area contributed by atoms with Gasteiger partial charge in [-0.1, -0.05) is 0 Å². The number of rotatable bonds is 6. The number of hydrogen-bond donors (Lipinski definition) is 0. The summed E-state index contributed by atoms with van der Waals surface area (Å²) in [5.74, 6) is -1.04. The summed E-state index contributed by atoms with van der Waals surface area (Å²) >= 11 is 0. The topological polar surface area (TPSA) is 116 Å². The molecule has 0 radical (unpaired) electrons. The monoisotopic (exact) mass is 572 g/mol. The number of benzene rings is 1. The molecular weight excluding hydrogens is 551 g/mol. The predicted octanol–water partition coefficient (Wildman–Crippen LogP) is 3.85. The van der Waals surface area contributed by atoms with Crippen molar-refractivity contribution in [1.29, 1.82) is 0 Å². The summed E-state index contributed by atoms with van der Waals surface area (Å²) in [6.07, 6.45) is -4.60. The second-order valence-corrected chi connectivity index (χ2v) is 11.1. The van der Waals surface area contributed by atoms with E-state index in [4.69, 9.17) is 4.42 Å². The Hall–Kier alpha value is -3.66. The van der Waals surface area contributed by atoms with E-state index in [0.717, 1.165) is 18.4 Å². The Balaban J connectivity index is 1.51. The number of sulfonamides is 1. The van der Waals surface area contributed by atoms with Crippen LogP contribution in [-0.4, -0.2) is 56.4 Å². The van der Waals surface area contributed by atoms with Crippen LogP contribution in [0.15, 0.2) is 45.7 Å². The molecule has 1 aliphatic heterocycles. The van der Waals surface area contributed by atoms with Gasteiger partial charge in [-0.25, -0.2) is 17.5 Å². The third-order valence-electron chi connectivity index (χ3n) is 6.57. The van der Waals surface area contributed by atoms with Crippen LogP contribution >= 0.6 is 0 Å². The molecule has 1 fully saturated rings. The van der Waals surface area contributed by atoms with Crippen LogP contribution in [0.1, 0.15) is 42.5 Å². The Morgan fingerprint density at radius 2 is 1.79 bits per heavy atom. The first kappa shape index (κ1) is 26.9. The highest BCUT2D eigenvalue weighted by Gasteiger charge is 2.33. The molecule has 5 rings (SSSR count). The number of nitrogens with zero attached hydrogens (tertiary/aromatic N) is 6. The van der Waals surface area contributed by atoms with Gasteiger partial charge in [-0.05, 0) is 43.2 Å². The molecule has 1 aliphatic rings. The van der Waals surface area contributed by atoms with Gasteiger partial charge in [-0.3, -0.25) is 14.1 Å². The van der Waals surface area contributed by atoms with Gasteiger partial charge >= 0.3 is 18.3 Å². The van der Waals surface area contributed by atoms with E-state index in [2.05, 4.69) is 15.2 Å². The van der Waals surface area contributed by atoms with Crippen molar-refractivity contribution in [3.05, 3.63) is 64.2 Å². The third kappa shape index (κ3) is 5.30. The Morgan fingerprint density at radius 1 is 1.08 bits per heavy atom. The van der Waals surface area contributed by atoms with E-state index >= 15 is 0 Å². The van der Waals surface area contributed by atoms with E-state index in [1.807, 2.05) is 0 Å². The highest BCUT2D eigenvalue weighted by molar-refractivity contribution is 7.88. The lowest BCUT2D eigenvalue weighted by Gasteiger charge is -2.30. The van der Waals surface area contributed by atoms with Crippen molar-refractivity contribution in [2.45, 2.75) is 38.0 Å². The third-order valence-corrected chi connectivity index (χ3v) is 7.87. The SMILES string of the molecule is CS(=O)(=O)N1CCC(n2c(=O)n(Cc3ccc(-c4nnc(C(F)F)o4)cn3)c3cc(C(F)(F)F)ccc32)CC1. The lowest BCUT2D eigenvalue weighted by atomic mass is 10.1.